The third-order valence-electron chi connectivity index (χ3n) is 5.87. The molecule has 2 aromatic rings. The Balaban J connectivity index is 1.56. The maximum atomic E-state index is 12.8. The molecule has 0 bridgehead atoms. The number of benzene rings is 1. The van der Waals surface area contributed by atoms with Crippen molar-refractivity contribution in [2.75, 3.05) is 32.7 Å². The number of carbonyl (C=O) groups is 1. The zero-order valence-electron chi connectivity index (χ0n) is 18.0. The van der Waals surface area contributed by atoms with Crippen molar-refractivity contribution < 1.29 is 17.6 Å². The minimum atomic E-state index is -3.58. The molecule has 2 heterocycles. The van der Waals surface area contributed by atoms with E-state index >= 15 is 0 Å². The van der Waals surface area contributed by atoms with Crippen LogP contribution in [0.3, 0.4) is 0 Å². The molecule has 1 aliphatic heterocycles. The van der Waals surface area contributed by atoms with Crippen LogP contribution in [0.15, 0.2) is 52.0 Å². The molecule has 0 aliphatic carbocycles. The lowest BCUT2D eigenvalue weighted by atomic mass is 9.97. The number of nitrogens with one attached hydrogen (secondary N) is 1. The zero-order valence-corrected chi connectivity index (χ0v) is 19.5. The Morgan fingerprint density at radius 2 is 1.84 bits per heavy atom. The molecule has 0 spiro atoms. The van der Waals surface area contributed by atoms with E-state index in [-0.39, 0.29) is 22.8 Å². The van der Waals surface area contributed by atoms with Gasteiger partial charge in [-0.3, -0.25) is 9.69 Å². The van der Waals surface area contributed by atoms with Crippen molar-refractivity contribution >= 4 is 27.5 Å². The minimum Gasteiger partial charge on any atom is -0.468 e. The van der Waals surface area contributed by atoms with Crippen LogP contribution in [0, 0.1) is 5.92 Å². The Morgan fingerprint density at radius 3 is 2.39 bits per heavy atom. The fourth-order valence-corrected chi connectivity index (χ4v) is 5.61. The first-order valence-electron chi connectivity index (χ1n) is 10.7. The summed E-state index contributed by atoms with van der Waals surface area (Å²) in [6, 6.07) is 9.91. The molecule has 1 aromatic heterocycles. The monoisotopic (exact) mass is 467 g/mol. The normalized spacial score (nSPS) is 17.0. The number of likely N-dealkylation sites (N-methyl/N-ethyl adjacent to an activating group) is 1. The second kappa shape index (κ2) is 10.6. The van der Waals surface area contributed by atoms with Gasteiger partial charge in [0, 0.05) is 30.6 Å². The predicted molar refractivity (Wildman–Crippen MR) is 120 cm³/mol. The van der Waals surface area contributed by atoms with E-state index in [0.717, 1.165) is 18.8 Å². The third-order valence-corrected chi connectivity index (χ3v) is 8.04. The van der Waals surface area contributed by atoms with Crippen LogP contribution in [0.25, 0.3) is 0 Å². The van der Waals surface area contributed by atoms with Crippen molar-refractivity contribution in [2.45, 2.75) is 37.6 Å². The molecule has 31 heavy (non-hydrogen) atoms. The Bertz CT molecular complexity index is 936. The SMILES string of the molecule is CCN(CC)C(CNC(=O)C1CCN(S(=O)(=O)c2ccc(Cl)cc2)CC1)c1ccco1. The van der Waals surface area contributed by atoms with Gasteiger partial charge in [-0.25, -0.2) is 8.42 Å². The van der Waals surface area contributed by atoms with Crippen LogP contribution in [0.1, 0.15) is 38.5 Å². The average molecular weight is 468 g/mol. The van der Waals surface area contributed by atoms with E-state index in [2.05, 4.69) is 24.1 Å². The van der Waals surface area contributed by atoms with E-state index < -0.39 is 10.0 Å². The highest BCUT2D eigenvalue weighted by Gasteiger charge is 2.32. The number of amides is 1. The third kappa shape index (κ3) is 5.68. The summed E-state index contributed by atoms with van der Waals surface area (Å²) in [6.07, 6.45) is 2.63. The summed E-state index contributed by atoms with van der Waals surface area (Å²) in [5.74, 6) is 0.589. The second-order valence-electron chi connectivity index (χ2n) is 7.63. The van der Waals surface area contributed by atoms with Gasteiger partial charge < -0.3 is 9.73 Å². The Morgan fingerprint density at radius 1 is 1.19 bits per heavy atom. The predicted octanol–water partition coefficient (Wildman–Crippen LogP) is 3.53. The first kappa shape index (κ1) is 23.8. The van der Waals surface area contributed by atoms with Crippen LogP contribution in [0.4, 0.5) is 0 Å². The van der Waals surface area contributed by atoms with Gasteiger partial charge in [-0.2, -0.15) is 4.31 Å². The van der Waals surface area contributed by atoms with Crippen molar-refractivity contribution in [3.8, 4) is 0 Å². The van der Waals surface area contributed by atoms with E-state index in [0.29, 0.717) is 37.5 Å². The molecular formula is C22H30ClN3O4S. The summed E-state index contributed by atoms with van der Waals surface area (Å²) in [5, 5.41) is 3.55. The van der Waals surface area contributed by atoms with E-state index in [1.807, 2.05) is 12.1 Å². The van der Waals surface area contributed by atoms with E-state index in [1.165, 1.54) is 16.4 Å². The maximum Gasteiger partial charge on any atom is 0.243 e. The number of halogens is 1. The van der Waals surface area contributed by atoms with Crippen molar-refractivity contribution in [1.82, 2.24) is 14.5 Å². The molecule has 0 saturated carbocycles. The molecule has 1 fully saturated rings. The van der Waals surface area contributed by atoms with Crippen molar-refractivity contribution in [3.63, 3.8) is 0 Å². The Kier molecular flexibility index (Phi) is 8.16. The summed E-state index contributed by atoms with van der Waals surface area (Å²) in [6.45, 7) is 6.95. The molecule has 9 heteroatoms. The Hall–Kier alpha value is -1.87. The summed E-state index contributed by atoms with van der Waals surface area (Å²) < 4.78 is 32.7. The van der Waals surface area contributed by atoms with Crippen LogP contribution < -0.4 is 5.32 Å². The second-order valence-corrected chi connectivity index (χ2v) is 10.0. The van der Waals surface area contributed by atoms with E-state index in [9.17, 15) is 13.2 Å². The van der Waals surface area contributed by atoms with Gasteiger partial charge in [-0.15, -0.1) is 0 Å². The van der Waals surface area contributed by atoms with Crippen LogP contribution in [-0.4, -0.2) is 56.3 Å². The highest BCUT2D eigenvalue weighted by atomic mass is 35.5. The fourth-order valence-electron chi connectivity index (χ4n) is 4.01. The highest BCUT2D eigenvalue weighted by molar-refractivity contribution is 7.89. The molecule has 170 valence electrons. The number of hydrogen-bond acceptors (Lipinski definition) is 5. The quantitative estimate of drug-likeness (QED) is 0.610. The molecule has 1 amide bonds. The molecule has 1 unspecified atom stereocenters. The molecule has 3 rings (SSSR count). The first-order chi connectivity index (χ1) is 14.9. The zero-order chi connectivity index (χ0) is 22.4. The van der Waals surface area contributed by atoms with E-state index in [1.54, 1.807) is 18.4 Å². The molecule has 7 nitrogen and oxygen atoms in total. The number of carbonyl (C=O) groups excluding carboxylic acids is 1. The van der Waals surface area contributed by atoms with E-state index in [4.69, 9.17) is 16.0 Å². The lowest BCUT2D eigenvalue weighted by molar-refractivity contribution is -0.126. The number of rotatable bonds is 9. The molecular weight excluding hydrogens is 438 g/mol. The smallest absolute Gasteiger partial charge is 0.243 e. The summed E-state index contributed by atoms with van der Waals surface area (Å²) >= 11 is 5.86. The van der Waals surface area contributed by atoms with Crippen molar-refractivity contribution in [1.29, 1.82) is 0 Å². The van der Waals surface area contributed by atoms with Gasteiger partial charge in [0.05, 0.1) is 17.2 Å². The van der Waals surface area contributed by atoms with Crippen LogP contribution >= 0.6 is 11.6 Å². The molecule has 1 atom stereocenters. The number of sulfonamides is 1. The maximum absolute atomic E-state index is 12.8. The molecule has 1 aromatic carbocycles. The van der Waals surface area contributed by atoms with Gasteiger partial charge in [0.1, 0.15) is 5.76 Å². The van der Waals surface area contributed by atoms with Crippen molar-refractivity contribution in [2.24, 2.45) is 5.92 Å². The molecule has 1 saturated heterocycles. The van der Waals surface area contributed by atoms with Gasteiger partial charge in [0.25, 0.3) is 0 Å². The molecule has 1 N–H and O–H groups in total. The Labute approximate surface area is 189 Å². The molecule has 1 aliphatic rings. The summed E-state index contributed by atoms with van der Waals surface area (Å²) in [5.41, 5.74) is 0. The number of piperidine rings is 1. The number of nitrogens with zero attached hydrogens (tertiary/aromatic N) is 2. The average Bonchev–Trinajstić information content (AvgIpc) is 3.31. The number of furan rings is 1. The minimum absolute atomic E-state index is 0.0284. The standard InChI is InChI=1S/C22H30ClN3O4S/c1-3-25(4-2)20(21-6-5-15-30-21)16-24-22(27)17-11-13-26(14-12-17)31(28,29)19-9-7-18(23)8-10-19/h5-10,15,17,20H,3-4,11-14,16H2,1-2H3,(H,24,27). The fraction of sp³-hybridized carbons (Fsp3) is 0.500. The number of hydrogen-bond donors (Lipinski definition) is 1. The lowest BCUT2D eigenvalue weighted by Gasteiger charge is -2.32. The summed E-state index contributed by atoms with van der Waals surface area (Å²) in [4.78, 5) is 15.3. The van der Waals surface area contributed by atoms with Gasteiger partial charge >= 0.3 is 0 Å². The van der Waals surface area contributed by atoms with Gasteiger partial charge in [0.15, 0.2) is 0 Å². The van der Waals surface area contributed by atoms with Gasteiger partial charge in [0.2, 0.25) is 15.9 Å². The van der Waals surface area contributed by atoms with Crippen LogP contribution in [0.5, 0.6) is 0 Å². The highest BCUT2D eigenvalue weighted by Crippen LogP contribution is 2.25. The van der Waals surface area contributed by atoms with Crippen LogP contribution in [-0.2, 0) is 14.8 Å². The molecule has 0 radical (unpaired) electrons. The van der Waals surface area contributed by atoms with Gasteiger partial charge in [-0.1, -0.05) is 25.4 Å². The first-order valence-corrected chi connectivity index (χ1v) is 12.5. The van der Waals surface area contributed by atoms with Gasteiger partial charge in [-0.05, 0) is 62.3 Å². The van der Waals surface area contributed by atoms with Crippen LogP contribution in [0.2, 0.25) is 5.02 Å². The lowest BCUT2D eigenvalue weighted by Crippen LogP contribution is -2.45. The van der Waals surface area contributed by atoms with Crippen molar-refractivity contribution in [3.05, 3.63) is 53.4 Å². The largest absolute Gasteiger partial charge is 0.468 e. The summed E-state index contributed by atoms with van der Waals surface area (Å²) in [7, 11) is -3.58. The topological polar surface area (TPSA) is 82.9 Å².